The summed E-state index contributed by atoms with van der Waals surface area (Å²) in [4.78, 5) is 2.99. The summed E-state index contributed by atoms with van der Waals surface area (Å²) in [6, 6.07) is 8.90. The number of hydrogen-bond donors (Lipinski definition) is 1. The van der Waals surface area contributed by atoms with E-state index in [-0.39, 0.29) is 0 Å². The molecule has 1 heterocycles. The average molecular weight is 375 g/mol. The van der Waals surface area contributed by atoms with E-state index >= 15 is 0 Å². The fraction of sp³-hybridized carbons (Fsp3) is 0.231. The van der Waals surface area contributed by atoms with Gasteiger partial charge >= 0.3 is 0 Å². The molecule has 0 saturated heterocycles. The molecule has 0 amide bonds. The van der Waals surface area contributed by atoms with Gasteiger partial charge in [0.05, 0.1) is 9.47 Å². The topological polar surface area (TPSA) is 49.4 Å². The molecule has 0 atom stereocenters. The number of nitrogens with zero attached hydrogens (tertiary/aromatic N) is 1. The largest absolute Gasteiger partial charge is 0.378 e. The number of halogens is 1. The first kappa shape index (κ1) is 15.3. The number of benzene rings is 1. The molecule has 0 aliphatic heterocycles. The van der Waals surface area contributed by atoms with Crippen molar-refractivity contribution >= 4 is 48.7 Å². The average Bonchev–Trinajstić information content (AvgIpc) is 2.69. The van der Waals surface area contributed by atoms with Crippen molar-refractivity contribution in [1.82, 2.24) is 0 Å². The number of thiophene rings is 1. The van der Waals surface area contributed by atoms with Crippen molar-refractivity contribution in [2.75, 3.05) is 23.7 Å². The van der Waals surface area contributed by atoms with Crippen molar-refractivity contribution in [2.45, 2.75) is 11.8 Å². The lowest BCUT2D eigenvalue weighted by atomic mass is 10.3. The standard InChI is InChI=1S/C13H15BrN2O2S2/c1-9-12(8-13(14)19-9)20(17,18)15-10-5-4-6-11(7-10)16(2)3/h4-8,15H,1-3H3. The molecular formula is C13H15BrN2O2S2. The summed E-state index contributed by atoms with van der Waals surface area (Å²) in [5.74, 6) is 0. The lowest BCUT2D eigenvalue weighted by Gasteiger charge is -2.14. The SMILES string of the molecule is Cc1sc(Br)cc1S(=O)(=O)Nc1cccc(N(C)C)c1. The lowest BCUT2D eigenvalue weighted by Crippen LogP contribution is -2.14. The zero-order valence-corrected chi connectivity index (χ0v) is 14.6. The molecule has 2 rings (SSSR count). The lowest BCUT2D eigenvalue weighted by molar-refractivity contribution is 0.601. The fourth-order valence-electron chi connectivity index (χ4n) is 1.76. The Morgan fingerprint density at radius 1 is 1.25 bits per heavy atom. The Bertz CT molecular complexity index is 724. The van der Waals surface area contributed by atoms with Gasteiger partial charge in [-0.15, -0.1) is 11.3 Å². The van der Waals surface area contributed by atoms with Gasteiger partial charge in [0.15, 0.2) is 0 Å². The molecule has 7 heteroatoms. The van der Waals surface area contributed by atoms with Crippen molar-refractivity contribution < 1.29 is 8.42 Å². The molecule has 0 aliphatic carbocycles. The van der Waals surface area contributed by atoms with Gasteiger partial charge in [-0.3, -0.25) is 4.72 Å². The first-order valence-electron chi connectivity index (χ1n) is 5.86. The monoisotopic (exact) mass is 374 g/mol. The van der Waals surface area contributed by atoms with Gasteiger partial charge in [0.25, 0.3) is 10.0 Å². The van der Waals surface area contributed by atoms with Crippen LogP contribution in [0.4, 0.5) is 11.4 Å². The summed E-state index contributed by atoms with van der Waals surface area (Å²) in [7, 11) is 0.267. The van der Waals surface area contributed by atoms with Crippen LogP contribution in [0.3, 0.4) is 0 Å². The van der Waals surface area contributed by atoms with Crippen LogP contribution in [0.15, 0.2) is 39.0 Å². The predicted octanol–water partition coefficient (Wildman–Crippen LogP) is 3.69. The van der Waals surface area contributed by atoms with Crippen LogP contribution < -0.4 is 9.62 Å². The van der Waals surface area contributed by atoms with Crippen molar-refractivity contribution in [3.63, 3.8) is 0 Å². The normalized spacial score (nSPS) is 11.4. The third-order valence-corrected chi connectivity index (χ3v) is 5.94. The van der Waals surface area contributed by atoms with E-state index in [1.165, 1.54) is 11.3 Å². The van der Waals surface area contributed by atoms with Gasteiger partial charge in [-0.25, -0.2) is 8.42 Å². The molecule has 4 nitrogen and oxygen atoms in total. The molecule has 0 spiro atoms. The van der Waals surface area contributed by atoms with Crippen LogP contribution in [-0.4, -0.2) is 22.5 Å². The van der Waals surface area contributed by atoms with Crippen molar-refractivity contribution in [2.24, 2.45) is 0 Å². The molecule has 20 heavy (non-hydrogen) atoms. The number of nitrogens with one attached hydrogen (secondary N) is 1. The molecule has 0 saturated carbocycles. The number of hydrogen-bond acceptors (Lipinski definition) is 4. The second-order valence-electron chi connectivity index (χ2n) is 4.52. The van der Waals surface area contributed by atoms with Gasteiger partial charge in [0.1, 0.15) is 4.90 Å². The second kappa shape index (κ2) is 5.75. The van der Waals surface area contributed by atoms with Crippen LogP contribution in [0, 0.1) is 6.92 Å². The highest BCUT2D eigenvalue weighted by molar-refractivity contribution is 9.11. The highest BCUT2D eigenvalue weighted by Gasteiger charge is 2.19. The van der Waals surface area contributed by atoms with E-state index in [9.17, 15) is 8.42 Å². The van der Waals surface area contributed by atoms with Crippen LogP contribution in [0.1, 0.15) is 4.88 Å². The van der Waals surface area contributed by atoms with Crippen LogP contribution in [-0.2, 0) is 10.0 Å². The Kier molecular flexibility index (Phi) is 4.41. The molecule has 0 aliphatic rings. The van der Waals surface area contributed by atoms with Gasteiger partial charge in [-0.2, -0.15) is 0 Å². The second-order valence-corrected chi connectivity index (χ2v) is 8.81. The van der Waals surface area contributed by atoms with Crippen LogP contribution in [0.25, 0.3) is 0 Å². The summed E-state index contributed by atoms with van der Waals surface area (Å²) in [5, 5.41) is 0. The first-order valence-corrected chi connectivity index (χ1v) is 8.95. The quantitative estimate of drug-likeness (QED) is 0.887. The zero-order valence-electron chi connectivity index (χ0n) is 11.3. The van der Waals surface area contributed by atoms with E-state index in [0.29, 0.717) is 10.6 Å². The van der Waals surface area contributed by atoms with E-state index in [2.05, 4.69) is 20.7 Å². The molecule has 1 N–H and O–H groups in total. The maximum Gasteiger partial charge on any atom is 0.263 e. The minimum absolute atomic E-state index is 0.310. The van der Waals surface area contributed by atoms with Crippen LogP contribution in [0.5, 0.6) is 0 Å². The zero-order chi connectivity index (χ0) is 14.9. The Labute approximate surface area is 131 Å². The summed E-state index contributed by atoms with van der Waals surface area (Å²) >= 11 is 4.72. The minimum Gasteiger partial charge on any atom is -0.378 e. The highest BCUT2D eigenvalue weighted by Crippen LogP contribution is 2.31. The Morgan fingerprint density at radius 2 is 1.95 bits per heavy atom. The van der Waals surface area contributed by atoms with E-state index in [0.717, 1.165) is 14.4 Å². The van der Waals surface area contributed by atoms with Gasteiger partial charge in [0.2, 0.25) is 0 Å². The number of anilines is 2. The van der Waals surface area contributed by atoms with Crippen molar-refractivity contribution in [1.29, 1.82) is 0 Å². The third kappa shape index (κ3) is 3.34. The molecule has 1 aromatic carbocycles. The summed E-state index contributed by atoms with van der Waals surface area (Å²) < 4.78 is 28.2. The molecule has 0 fully saturated rings. The maximum atomic E-state index is 12.4. The molecule has 0 radical (unpaired) electrons. The van der Waals surface area contributed by atoms with Gasteiger partial charge < -0.3 is 4.90 Å². The van der Waals surface area contributed by atoms with E-state index in [4.69, 9.17) is 0 Å². The van der Waals surface area contributed by atoms with E-state index in [1.807, 2.05) is 31.1 Å². The number of rotatable bonds is 4. The third-order valence-electron chi connectivity index (χ3n) is 2.75. The molecular weight excluding hydrogens is 360 g/mol. The minimum atomic E-state index is -3.55. The Hall–Kier alpha value is -1.05. The summed E-state index contributed by atoms with van der Waals surface area (Å²) in [6.45, 7) is 1.79. The molecule has 0 unspecified atom stereocenters. The van der Waals surface area contributed by atoms with Gasteiger partial charge in [0, 0.05) is 24.7 Å². The van der Waals surface area contributed by atoms with Gasteiger partial charge in [-0.05, 0) is 47.1 Å². The van der Waals surface area contributed by atoms with E-state index < -0.39 is 10.0 Å². The Morgan fingerprint density at radius 3 is 2.50 bits per heavy atom. The van der Waals surface area contributed by atoms with E-state index in [1.54, 1.807) is 25.1 Å². The summed E-state index contributed by atoms with van der Waals surface area (Å²) in [5.41, 5.74) is 1.49. The molecule has 108 valence electrons. The maximum absolute atomic E-state index is 12.4. The van der Waals surface area contributed by atoms with Crippen molar-refractivity contribution in [3.8, 4) is 0 Å². The number of aryl methyl sites for hydroxylation is 1. The molecule has 0 bridgehead atoms. The van der Waals surface area contributed by atoms with Crippen LogP contribution >= 0.6 is 27.3 Å². The fourth-order valence-corrected chi connectivity index (χ4v) is 5.22. The number of sulfonamides is 1. The van der Waals surface area contributed by atoms with Crippen molar-refractivity contribution in [3.05, 3.63) is 39.0 Å². The Balaban J connectivity index is 2.33. The molecule has 1 aromatic heterocycles. The highest BCUT2D eigenvalue weighted by atomic mass is 79.9. The predicted molar refractivity (Wildman–Crippen MR) is 88.3 cm³/mol. The first-order chi connectivity index (χ1) is 9.29. The van der Waals surface area contributed by atoms with Crippen LogP contribution in [0.2, 0.25) is 0 Å². The summed E-state index contributed by atoms with van der Waals surface area (Å²) in [6.07, 6.45) is 0. The van der Waals surface area contributed by atoms with Gasteiger partial charge in [-0.1, -0.05) is 6.07 Å². The smallest absolute Gasteiger partial charge is 0.263 e. The molecule has 2 aromatic rings.